The average Bonchev–Trinajstić information content (AvgIpc) is 2.29. The fraction of sp³-hybridized carbons (Fsp3) is 0.385. The van der Waals surface area contributed by atoms with Crippen molar-refractivity contribution in [1.82, 2.24) is 5.32 Å². The van der Waals surface area contributed by atoms with Crippen LogP contribution in [0, 0.1) is 0 Å². The molecule has 0 fully saturated rings. The Morgan fingerprint density at radius 1 is 1.33 bits per heavy atom. The van der Waals surface area contributed by atoms with Crippen LogP contribution in [-0.2, 0) is 16.0 Å². The molecule has 0 aliphatic rings. The van der Waals surface area contributed by atoms with E-state index in [1.165, 1.54) is 0 Å². The van der Waals surface area contributed by atoms with Crippen LogP contribution in [-0.4, -0.2) is 29.1 Å². The zero-order chi connectivity index (χ0) is 13.5. The van der Waals surface area contributed by atoms with E-state index in [1.54, 1.807) is 0 Å². The summed E-state index contributed by atoms with van der Waals surface area (Å²) in [7, 11) is 0. The number of rotatable bonds is 6. The highest BCUT2D eigenvalue weighted by Crippen LogP contribution is 2.03. The minimum atomic E-state index is -1.08. The molecule has 0 saturated heterocycles. The van der Waals surface area contributed by atoms with Gasteiger partial charge in [-0.3, -0.25) is 9.59 Å². The fourth-order valence-electron chi connectivity index (χ4n) is 1.65. The molecule has 18 heavy (non-hydrogen) atoms. The maximum Gasteiger partial charge on any atom is 0.305 e. The number of carbonyl (C=O) groups is 2. The zero-order valence-corrected chi connectivity index (χ0v) is 10.3. The largest absolute Gasteiger partial charge is 0.481 e. The maximum absolute atomic E-state index is 11.6. The van der Waals surface area contributed by atoms with Crippen molar-refractivity contribution >= 4 is 11.9 Å². The predicted octanol–water partition coefficient (Wildman–Crippen LogP) is 0.536. The molecule has 0 saturated carbocycles. The quantitative estimate of drug-likeness (QED) is 0.687. The van der Waals surface area contributed by atoms with Crippen LogP contribution in [0.3, 0.4) is 0 Å². The van der Waals surface area contributed by atoms with Gasteiger partial charge in [-0.15, -0.1) is 0 Å². The van der Waals surface area contributed by atoms with E-state index in [9.17, 15) is 9.59 Å². The molecule has 0 spiro atoms. The Balaban J connectivity index is 2.42. The number of nitrogens with two attached hydrogens (primary N) is 1. The Morgan fingerprint density at radius 3 is 2.50 bits per heavy atom. The van der Waals surface area contributed by atoms with Crippen LogP contribution in [0.5, 0.6) is 0 Å². The highest BCUT2D eigenvalue weighted by molar-refractivity contribution is 5.86. The van der Waals surface area contributed by atoms with E-state index in [2.05, 4.69) is 5.32 Å². The minimum absolute atomic E-state index is 0.0836. The van der Waals surface area contributed by atoms with Crippen molar-refractivity contribution in [2.45, 2.75) is 31.8 Å². The summed E-state index contributed by atoms with van der Waals surface area (Å²) in [5.74, 6) is -1.51. The van der Waals surface area contributed by atoms with Gasteiger partial charge in [-0.05, 0) is 18.9 Å². The molecule has 4 N–H and O–H groups in total. The van der Waals surface area contributed by atoms with Crippen molar-refractivity contribution in [3.05, 3.63) is 35.9 Å². The van der Waals surface area contributed by atoms with E-state index < -0.39 is 17.9 Å². The second kappa shape index (κ2) is 6.76. The molecule has 0 radical (unpaired) electrons. The van der Waals surface area contributed by atoms with Crippen molar-refractivity contribution < 1.29 is 14.7 Å². The number of carbonyl (C=O) groups excluding carboxylic acids is 1. The normalized spacial score (nSPS) is 13.7. The summed E-state index contributed by atoms with van der Waals surface area (Å²) in [6, 6.07) is 8.65. The first kappa shape index (κ1) is 14.2. The van der Waals surface area contributed by atoms with Crippen molar-refractivity contribution in [3.63, 3.8) is 0 Å². The van der Waals surface area contributed by atoms with Gasteiger partial charge in [0.25, 0.3) is 0 Å². The molecule has 2 atom stereocenters. The third-order valence-corrected chi connectivity index (χ3v) is 2.50. The van der Waals surface area contributed by atoms with Gasteiger partial charge in [-0.1, -0.05) is 30.3 Å². The molecule has 1 rings (SSSR count). The Bertz CT molecular complexity index is 406. The third-order valence-electron chi connectivity index (χ3n) is 2.50. The molecule has 5 nitrogen and oxygen atoms in total. The topological polar surface area (TPSA) is 92.4 Å². The van der Waals surface area contributed by atoms with Crippen molar-refractivity contribution in [3.8, 4) is 0 Å². The van der Waals surface area contributed by atoms with E-state index in [-0.39, 0.29) is 12.5 Å². The van der Waals surface area contributed by atoms with E-state index in [0.29, 0.717) is 6.42 Å². The highest BCUT2D eigenvalue weighted by Gasteiger charge is 2.18. The minimum Gasteiger partial charge on any atom is -0.481 e. The van der Waals surface area contributed by atoms with Gasteiger partial charge >= 0.3 is 5.97 Å². The summed E-state index contributed by atoms with van der Waals surface area (Å²) >= 11 is 0. The first-order valence-electron chi connectivity index (χ1n) is 5.80. The first-order chi connectivity index (χ1) is 8.49. The molecule has 0 aliphatic carbocycles. The van der Waals surface area contributed by atoms with E-state index >= 15 is 0 Å². The average molecular weight is 250 g/mol. The van der Waals surface area contributed by atoms with Crippen molar-refractivity contribution in [1.29, 1.82) is 0 Å². The smallest absolute Gasteiger partial charge is 0.305 e. The summed E-state index contributed by atoms with van der Waals surface area (Å²) in [6.07, 6.45) is 0.330. The second-order valence-corrected chi connectivity index (χ2v) is 4.30. The second-order valence-electron chi connectivity index (χ2n) is 4.30. The van der Waals surface area contributed by atoms with Crippen LogP contribution >= 0.6 is 0 Å². The number of hydrogen-bond acceptors (Lipinski definition) is 3. The monoisotopic (exact) mass is 250 g/mol. The number of aliphatic carboxylic acids is 1. The molecule has 0 bridgehead atoms. The molecule has 98 valence electrons. The molecule has 1 aromatic rings. The number of carboxylic acids is 1. The standard InChI is InChI=1S/C13H18N2O3/c1-9(7-10-5-3-2-4-6-10)15-13(18)11(14)8-12(16)17/h2-6,9,11H,7-8,14H2,1H3,(H,15,18)(H,16,17)/t9-,11+/m1/s1. The lowest BCUT2D eigenvalue weighted by atomic mass is 10.1. The summed E-state index contributed by atoms with van der Waals surface area (Å²) in [5.41, 5.74) is 6.58. The summed E-state index contributed by atoms with van der Waals surface area (Å²) in [6.45, 7) is 1.86. The van der Waals surface area contributed by atoms with Crippen LogP contribution < -0.4 is 11.1 Å². The Morgan fingerprint density at radius 2 is 1.94 bits per heavy atom. The van der Waals surface area contributed by atoms with Crippen LogP contribution in [0.15, 0.2) is 30.3 Å². The Kier molecular flexibility index (Phi) is 5.32. The van der Waals surface area contributed by atoms with Gasteiger partial charge in [-0.25, -0.2) is 0 Å². The predicted molar refractivity (Wildman–Crippen MR) is 68.0 cm³/mol. The van der Waals surface area contributed by atoms with E-state index in [0.717, 1.165) is 5.56 Å². The number of carboxylic acid groups (broad SMARTS) is 1. The van der Waals surface area contributed by atoms with Crippen molar-refractivity contribution in [2.24, 2.45) is 5.73 Å². The highest BCUT2D eigenvalue weighted by atomic mass is 16.4. The van der Waals surface area contributed by atoms with Crippen LogP contribution in [0.1, 0.15) is 18.9 Å². The number of benzene rings is 1. The molecule has 0 aliphatic heterocycles. The molecular formula is C13H18N2O3. The molecule has 0 heterocycles. The first-order valence-corrected chi connectivity index (χ1v) is 5.80. The third kappa shape index (κ3) is 4.97. The van der Waals surface area contributed by atoms with E-state index in [4.69, 9.17) is 10.8 Å². The number of nitrogens with one attached hydrogen (secondary N) is 1. The Labute approximate surface area is 106 Å². The van der Waals surface area contributed by atoms with Gasteiger partial charge in [0.2, 0.25) is 5.91 Å². The molecule has 5 heteroatoms. The molecule has 1 amide bonds. The lowest BCUT2D eigenvalue weighted by Crippen LogP contribution is -2.46. The number of hydrogen-bond donors (Lipinski definition) is 3. The SMILES string of the molecule is C[C@H](Cc1ccccc1)NC(=O)[C@@H](N)CC(=O)O. The number of amides is 1. The van der Waals surface area contributed by atoms with Crippen molar-refractivity contribution in [2.75, 3.05) is 0 Å². The Hall–Kier alpha value is -1.88. The van der Waals surface area contributed by atoms with Crippen LogP contribution in [0.2, 0.25) is 0 Å². The molecular weight excluding hydrogens is 232 g/mol. The fourth-order valence-corrected chi connectivity index (χ4v) is 1.65. The summed E-state index contributed by atoms with van der Waals surface area (Å²) in [4.78, 5) is 22.0. The molecule has 0 aromatic heterocycles. The van der Waals surface area contributed by atoms with Crippen LogP contribution in [0.4, 0.5) is 0 Å². The van der Waals surface area contributed by atoms with Crippen LogP contribution in [0.25, 0.3) is 0 Å². The zero-order valence-electron chi connectivity index (χ0n) is 10.3. The summed E-state index contributed by atoms with van der Waals surface area (Å²) in [5, 5.41) is 11.2. The lowest BCUT2D eigenvalue weighted by molar-refractivity contribution is -0.139. The lowest BCUT2D eigenvalue weighted by Gasteiger charge is -2.16. The van der Waals surface area contributed by atoms with Gasteiger partial charge in [0.1, 0.15) is 0 Å². The van der Waals surface area contributed by atoms with Gasteiger partial charge in [0.15, 0.2) is 0 Å². The van der Waals surface area contributed by atoms with Gasteiger partial charge < -0.3 is 16.2 Å². The van der Waals surface area contributed by atoms with Gasteiger partial charge in [0, 0.05) is 6.04 Å². The van der Waals surface area contributed by atoms with Gasteiger partial charge in [-0.2, -0.15) is 0 Å². The molecule has 0 unspecified atom stereocenters. The van der Waals surface area contributed by atoms with E-state index in [1.807, 2.05) is 37.3 Å². The summed E-state index contributed by atoms with van der Waals surface area (Å²) < 4.78 is 0. The van der Waals surface area contributed by atoms with Gasteiger partial charge in [0.05, 0.1) is 12.5 Å². The maximum atomic E-state index is 11.6. The molecule has 1 aromatic carbocycles.